The van der Waals surface area contributed by atoms with E-state index >= 15 is 0 Å². The normalized spacial score (nSPS) is 17.1. The van der Waals surface area contributed by atoms with Crippen LogP contribution in [0, 0.1) is 13.8 Å². The summed E-state index contributed by atoms with van der Waals surface area (Å²) in [7, 11) is 0. The number of aryl methyl sites for hydroxylation is 2. The minimum Gasteiger partial charge on any atom is -0.355 e. The molecule has 2 rings (SSSR count). The van der Waals surface area contributed by atoms with Crippen LogP contribution in [0.1, 0.15) is 28.5 Å². The van der Waals surface area contributed by atoms with Crippen molar-refractivity contribution in [2.24, 2.45) is 4.99 Å². The number of hydrogen-bond acceptors (Lipinski definition) is 5. The van der Waals surface area contributed by atoms with Crippen molar-refractivity contribution >= 4 is 17.3 Å². The van der Waals surface area contributed by atoms with E-state index in [-0.39, 0.29) is 6.04 Å². The predicted molar refractivity (Wildman–Crippen MR) is 63.4 cm³/mol. The summed E-state index contributed by atoms with van der Waals surface area (Å²) < 4.78 is 0. The number of nitrogens with one attached hydrogen (secondary N) is 2. The Labute approximate surface area is 93.8 Å². The van der Waals surface area contributed by atoms with Crippen LogP contribution >= 0.6 is 11.3 Å². The van der Waals surface area contributed by atoms with Gasteiger partial charge in [-0.05, 0) is 20.8 Å². The van der Waals surface area contributed by atoms with Crippen LogP contribution in [-0.4, -0.2) is 24.0 Å². The molecular weight excluding hydrogens is 208 g/mol. The summed E-state index contributed by atoms with van der Waals surface area (Å²) in [6.45, 7) is 8.05. The van der Waals surface area contributed by atoms with E-state index in [0.29, 0.717) is 0 Å². The van der Waals surface area contributed by atoms with E-state index < -0.39 is 0 Å². The standard InChI is InChI=1S/C10H16N4S/c1-6-9(15-8(3)13-6)7(2)14-10-11-4-5-12-10/h7H,4-5H2,1-3H3,(H2,11,12,14). The van der Waals surface area contributed by atoms with Gasteiger partial charge in [0.05, 0.1) is 23.3 Å². The molecule has 5 heteroatoms. The summed E-state index contributed by atoms with van der Waals surface area (Å²) >= 11 is 1.75. The Bertz CT molecular complexity index is 383. The lowest BCUT2D eigenvalue weighted by Crippen LogP contribution is -2.35. The molecule has 82 valence electrons. The van der Waals surface area contributed by atoms with Gasteiger partial charge < -0.3 is 10.6 Å². The summed E-state index contributed by atoms with van der Waals surface area (Å²) in [5, 5.41) is 7.69. The molecule has 0 saturated heterocycles. The molecule has 0 amide bonds. The minimum atomic E-state index is 0.278. The number of hydrogen-bond donors (Lipinski definition) is 2. The fraction of sp³-hybridized carbons (Fsp3) is 0.600. The van der Waals surface area contributed by atoms with Crippen LogP contribution in [0.4, 0.5) is 0 Å². The van der Waals surface area contributed by atoms with Crippen molar-refractivity contribution in [2.75, 3.05) is 13.1 Å². The minimum absolute atomic E-state index is 0.278. The molecule has 1 aromatic heterocycles. The fourth-order valence-corrected chi connectivity index (χ4v) is 2.64. The highest BCUT2D eigenvalue weighted by Gasteiger charge is 2.15. The second kappa shape index (κ2) is 4.18. The Balaban J connectivity index is 2.07. The third-order valence-corrected chi connectivity index (χ3v) is 3.62. The Morgan fingerprint density at radius 1 is 1.47 bits per heavy atom. The molecule has 0 radical (unpaired) electrons. The van der Waals surface area contributed by atoms with Gasteiger partial charge in [-0.2, -0.15) is 0 Å². The summed E-state index contributed by atoms with van der Waals surface area (Å²) in [5.74, 6) is 0.910. The number of aliphatic imine (C=N–C) groups is 1. The lowest BCUT2D eigenvalue weighted by molar-refractivity contribution is 0.708. The van der Waals surface area contributed by atoms with Crippen molar-refractivity contribution in [3.8, 4) is 0 Å². The molecule has 2 heterocycles. The zero-order chi connectivity index (χ0) is 10.8. The average Bonchev–Trinajstić information content (AvgIpc) is 2.75. The first-order valence-electron chi connectivity index (χ1n) is 5.15. The summed E-state index contributed by atoms with van der Waals surface area (Å²) in [5.41, 5.74) is 1.12. The van der Waals surface area contributed by atoms with Gasteiger partial charge in [-0.1, -0.05) is 0 Å². The lowest BCUT2D eigenvalue weighted by atomic mass is 10.2. The van der Waals surface area contributed by atoms with E-state index in [1.165, 1.54) is 4.88 Å². The second-order valence-corrected chi connectivity index (χ2v) is 4.94. The van der Waals surface area contributed by atoms with Crippen LogP contribution in [0.25, 0.3) is 0 Å². The van der Waals surface area contributed by atoms with Gasteiger partial charge in [0.15, 0.2) is 5.96 Å². The summed E-state index contributed by atoms with van der Waals surface area (Å²) in [6.07, 6.45) is 0. The number of nitrogens with zero attached hydrogens (tertiary/aromatic N) is 2. The van der Waals surface area contributed by atoms with Gasteiger partial charge in [0.25, 0.3) is 0 Å². The molecule has 0 fully saturated rings. The maximum absolute atomic E-state index is 4.42. The van der Waals surface area contributed by atoms with Gasteiger partial charge in [0, 0.05) is 11.4 Å². The molecule has 1 aliphatic rings. The van der Waals surface area contributed by atoms with Gasteiger partial charge in [0.1, 0.15) is 0 Å². The predicted octanol–water partition coefficient (Wildman–Crippen LogP) is 1.37. The van der Waals surface area contributed by atoms with E-state index in [2.05, 4.69) is 34.5 Å². The maximum Gasteiger partial charge on any atom is 0.191 e. The molecule has 15 heavy (non-hydrogen) atoms. The van der Waals surface area contributed by atoms with E-state index in [1.807, 2.05) is 6.92 Å². The van der Waals surface area contributed by atoms with Gasteiger partial charge >= 0.3 is 0 Å². The molecule has 1 unspecified atom stereocenters. The summed E-state index contributed by atoms with van der Waals surface area (Å²) in [6, 6.07) is 0.278. The molecule has 0 aromatic carbocycles. The highest BCUT2D eigenvalue weighted by atomic mass is 32.1. The Morgan fingerprint density at radius 3 is 2.80 bits per heavy atom. The van der Waals surface area contributed by atoms with Crippen molar-refractivity contribution in [1.29, 1.82) is 0 Å². The third-order valence-electron chi connectivity index (χ3n) is 2.36. The highest BCUT2D eigenvalue weighted by Crippen LogP contribution is 2.24. The topological polar surface area (TPSA) is 49.3 Å². The van der Waals surface area contributed by atoms with Crippen LogP contribution in [0.15, 0.2) is 4.99 Å². The van der Waals surface area contributed by atoms with Gasteiger partial charge in [0.2, 0.25) is 0 Å². The number of guanidine groups is 1. The number of rotatable bonds is 2. The molecule has 0 aliphatic carbocycles. The van der Waals surface area contributed by atoms with Crippen molar-refractivity contribution in [1.82, 2.24) is 15.6 Å². The number of thiazole rings is 1. The smallest absolute Gasteiger partial charge is 0.191 e. The largest absolute Gasteiger partial charge is 0.355 e. The Kier molecular flexibility index (Phi) is 2.90. The SMILES string of the molecule is Cc1nc(C)c(C(C)NC2=NCCN2)s1. The van der Waals surface area contributed by atoms with Crippen molar-refractivity contribution in [2.45, 2.75) is 26.8 Å². The van der Waals surface area contributed by atoms with Gasteiger partial charge in [-0.15, -0.1) is 11.3 Å². The quantitative estimate of drug-likeness (QED) is 0.797. The first kappa shape index (κ1) is 10.4. The van der Waals surface area contributed by atoms with E-state index in [9.17, 15) is 0 Å². The van der Waals surface area contributed by atoms with E-state index in [1.54, 1.807) is 11.3 Å². The molecular formula is C10H16N4S. The van der Waals surface area contributed by atoms with Crippen molar-refractivity contribution < 1.29 is 0 Å². The fourth-order valence-electron chi connectivity index (χ4n) is 1.71. The first-order chi connectivity index (χ1) is 7.16. The molecule has 1 aliphatic heterocycles. The average molecular weight is 224 g/mol. The first-order valence-corrected chi connectivity index (χ1v) is 5.97. The van der Waals surface area contributed by atoms with Crippen LogP contribution < -0.4 is 10.6 Å². The molecule has 2 N–H and O–H groups in total. The zero-order valence-electron chi connectivity index (χ0n) is 9.29. The van der Waals surface area contributed by atoms with Crippen LogP contribution in [0.5, 0.6) is 0 Å². The Morgan fingerprint density at radius 2 is 2.27 bits per heavy atom. The monoisotopic (exact) mass is 224 g/mol. The van der Waals surface area contributed by atoms with E-state index in [0.717, 1.165) is 29.8 Å². The third kappa shape index (κ3) is 2.28. The zero-order valence-corrected chi connectivity index (χ0v) is 10.1. The highest BCUT2D eigenvalue weighted by molar-refractivity contribution is 7.11. The van der Waals surface area contributed by atoms with Gasteiger partial charge in [-0.25, -0.2) is 4.98 Å². The molecule has 1 atom stereocenters. The molecule has 4 nitrogen and oxygen atoms in total. The molecule has 0 saturated carbocycles. The maximum atomic E-state index is 4.42. The van der Waals surface area contributed by atoms with Crippen LogP contribution in [0.2, 0.25) is 0 Å². The second-order valence-electron chi connectivity index (χ2n) is 3.71. The van der Waals surface area contributed by atoms with Crippen molar-refractivity contribution in [3.63, 3.8) is 0 Å². The lowest BCUT2D eigenvalue weighted by Gasteiger charge is -2.13. The number of aromatic nitrogens is 1. The van der Waals surface area contributed by atoms with Crippen molar-refractivity contribution in [3.05, 3.63) is 15.6 Å². The van der Waals surface area contributed by atoms with Crippen LogP contribution in [-0.2, 0) is 0 Å². The van der Waals surface area contributed by atoms with Crippen LogP contribution in [0.3, 0.4) is 0 Å². The molecule has 0 bridgehead atoms. The summed E-state index contributed by atoms with van der Waals surface area (Å²) in [4.78, 5) is 10.0. The van der Waals surface area contributed by atoms with Gasteiger partial charge in [-0.3, -0.25) is 4.99 Å². The van der Waals surface area contributed by atoms with E-state index in [4.69, 9.17) is 0 Å². The Hall–Kier alpha value is -1.10. The molecule has 1 aromatic rings. The molecule has 0 spiro atoms.